The van der Waals surface area contributed by atoms with Gasteiger partial charge in [-0.1, -0.05) is 38.1 Å². The van der Waals surface area contributed by atoms with Crippen LogP contribution in [0.2, 0.25) is 0 Å². The van der Waals surface area contributed by atoms with Crippen molar-refractivity contribution in [3.63, 3.8) is 0 Å². The predicted octanol–water partition coefficient (Wildman–Crippen LogP) is 5.63. The SMILES string of the molecule is CC1(C)CCC(CCc2ccc(-c3cc(C(N)=O)ccn3)cc2)CC1.O=C(O)C(F)(F)F. The van der Waals surface area contributed by atoms with E-state index >= 15 is 0 Å². The smallest absolute Gasteiger partial charge is 0.475 e. The number of aromatic nitrogens is 1. The Labute approximate surface area is 185 Å². The number of aliphatic carboxylic acids is 1. The standard InChI is InChI=1S/C22H28N2O.C2HF3O2/c1-22(2)12-9-17(10-13-22)4-3-16-5-7-18(8-6-16)20-15-19(21(23)25)11-14-24-20;3-2(4,5)1(6)7/h5-8,11,14-15,17H,3-4,9-10,12-13H2,1-2H3,(H2,23,25);(H,6,7). The van der Waals surface area contributed by atoms with Crippen LogP contribution in [0.1, 0.15) is 61.9 Å². The van der Waals surface area contributed by atoms with Crippen LogP contribution in [0.3, 0.4) is 0 Å². The molecule has 32 heavy (non-hydrogen) atoms. The van der Waals surface area contributed by atoms with Crippen LogP contribution >= 0.6 is 0 Å². The van der Waals surface area contributed by atoms with E-state index in [0.29, 0.717) is 11.0 Å². The van der Waals surface area contributed by atoms with Gasteiger partial charge in [0.2, 0.25) is 5.91 Å². The molecule has 0 radical (unpaired) electrons. The number of carbonyl (C=O) groups excluding carboxylic acids is 1. The maximum atomic E-state index is 11.3. The van der Waals surface area contributed by atoms with Gasteiger partial charge in [-0.15, -0.1) is 0 Å². The quantitative estimate of drug-likeness (QED) is 0.617. The van der Waals surface area contributed by atoms with Crippen LogP contribution in [0.4, 0.5) is 13.2 Å². The van der Waals surface area contributed by atoms with Gasteiger partial charge in [0.1, 0.15) is 0 Å². The first kappa shape index (κ1) is 25.4. The highest BCUT2D eigenvalue weighted by Gasteiger charge is 2.38. The van der Waals surface area contributed by atoms with Crippen LogP contribution in [0.15, 0.2) is 42.6 Å². The second-order valence-corrected chi connectivity index (χ2v) is 8.94. The summed E-state index contributed by atoms with van der Waals surface area (Å²) < 4.78 is 31.7. The van der Waals surface area contributed by atoms with Gasteiger partial charge in [0.05, 0.1) is 5.69 Å². The van der Waals surface area contributed by atoms with Crippen molar-refractivity contribution in [3.8, 4) is 11.3 Å². The van der Waals surface area contributed by atoms with Gasteiger partial charge < -0.3 is 10.8 Å². The van der Waals surface area contributed by atoms with Crippen molar-refractivity contribution in [2.24, 2.45) is 17.1 Å². The molecule has 3 N–H and O–H groups in total. The van der Waals surface area contributed by atoms with E-state index in [4.69, 9.17) is 15.6 Å². The van der Waals surface area contributed by atoms with Crippen LogP contribution < -0.4 is 5.73 Å². The van der Waals surface area contributed by atoms with E-state index < -0.39 is 18.1 Å². The second-order valence-electron chi connectivity index (χ2n) is 8.94. The normalized spacial score (nSPS) is 16.0. The molecule has 1 aliphatic rings. The third-order valence-corrected chi connectivity index (χ3v) is 5.84. The minimum atomic E-state index is -5.08. The minimum absolute atomic E-state index is 0.420. The molecule has 1 heterocycles. The van der Waals surface area contributed by atoms with Gasteiger partial charge in [0.15, 0.2) is 0 Å². The number of pyridine rings is 1. The number of alkyl halides is 3. The fourth-order valence-corrected chi connectivity index (χ4v) is 3.70. The summed E-state index contributed by atoms with van der Waals surface area (Å²) in [5.41, 5.74) is 9.57. The fraction of sp³-hybridized carbons (Fsp3) is 0.458. The second kappa shape index (κ2) is 10.6. The van der Waals surface area contributed by atoms with Gasteiger partial charge in [0.25, 0.3) is 0 Å². The average molecular weight is 451 g/mol. The average Bonchev–Trinajstić information content (AvgIpc) is 2.73. The number of hydrogen-bond acceptors (Lipinski definition) is 3. The third-order valence-electron chi connectivity index (χ3n) is 5.84. The van der Waals surface area contributed by atoms with E-state index in [-0.39, 0.29) is 0 Å². The summed E-state index contributed by atoms with van der Waals surface area (Å²) in [7, 11) is 0. The number of nitrogens with zero attached hydrogens (tertiary/aromatic N) is 1. The van der Waals surface area contributed by atoms with Crippen molar-refractivity contribution in [1.29, 1.82) is 0 Å². The molecule has 0 unspecified atom stereocenters. The predicted molar refractivity (Wildman–Crippen MR) is 116 cm³/mol. The molecule has 174 valence electrons. The Morgan fingerprint density at radius 2 is 1.69 bits per heavy atom. The number of benzene rings is 1. The summed E-state index contributed by atoms with van der Waals surface area (Å²) in [4.78, 5) is 24.6. The maximum absolute atomic E-state index is 11.3. The van der Waals surface area contributed by atoms with E-state index in [2.05, 4.69) is 43.1 Å². The van der Waals surface area contributed by atoms with E-state index in [1.54, 1.807) is 18.3 Å². The van der Waals surface area contributed by atoms with Crippen molar-refractivity contribution in [2.75, 3.05) is 0 Å². The number of halogens is 3. The lowest BCUT2D eigenvalue weighted by Crippen LogP contribution is -2.21. The molecule has 1 amide bonds. The van der Waals surface area contributed by atoms with Crippen LogP contribution in [0.5, 0.6) is 0 Å². The summed E-state index contributed by atoms with van der Waals surface area (Å²) in [5.74, 6) is -2.30. The van der Waals surface area contributed by atoms with Crippen molar-refractivity contribution in [1.82, 2.24) is 4.98 Å². The van der Waals surface area contributed by atoms with Crippen LogP contribution in [0, 0.1) is 11.3 Å². The Kier molecular flexibility index (Phi) is 8.41. The summed E-state index contributed by atoms with van der Waals surface area (Å²) in [6.07, 6.45) is 4.43. The van der Waals surface area contributed by atoms with E-state index in [1.165, 1.54) is 37.7 Å². The molecule has 1 aromatic heterocycles. The molecular weight excluding hydrogens is 421 g/mol. The zero-order valence-corrected chi connectivity index (χ0v) is 18.3. The summed E-state index contributed by atoms with van der Waals surface area (Å²) in [6, 6.07) is 11.9. The van der Waals surface area contributed by atoms with Crippen molar-refractivity contribution in [3.05, 3.63) is 53.7 Å². The van der Waals surface area contributed by atoms with Crippen molar-refractivity contribution >= 4 is 11.9 Å². The maximum Gasteiger partial charge on any atom is 0.490 e. The van der Waals surface area contributed by atoms with Gasteiger partial charge in [-0.25, -0.2) is 4.79 Å². The lowest BCUT2D eigenvalue weighted by atomic mass is 9.72. The highest BCUT2D eigenvalue weighted by Crippen LogP contribution is 2.39. The first-order valence-corrected chi connectivity index (χ1v) is 10.5. The first-order valence-electron chi connectivity index (χ1n) is 10.5. The van der Waals surface area contributed by atoms with Crippen LogP contribution in [-0.4, -0.2) is 28.1 Å². The molecule has 1 saturated carbocycles. The first-order chi connectivity index (χ1) is 14.9. The van der Waals surface area contributed by atoms with Gasteiger partial charge in [0, 0.05) is 17.3 Å². The summed E-state index contributed by atoms with van der Waals surface area (Å²) >= 11 is 0. The molecule has 0 saturated heterocycles. The van der Waals surface area contributed by atoms with Crippen molar-refractivity contribution < 1.29 is 27.9 Å². The largest absolute Gasteiger partial charge is 0.490 e. The molecule has 0 aliphatic heterocycles. The number of amides is 1. The van der Waals surface area contributed by atoms with Gasteiger partial charge in [-0.05, 0) is 67.6 Å². The molecule has 1 aliphatic carbocycles. The lowest BCUT2D eigenvalue weighted by Gasteiger charge is -2.34. The molecule has 2 aromatic rings. The van der Waals surface area contributed by atoms with Gasteiger partial charge in [-0.3, -0.25) is 9.78 Å². The van der Waals surface area contributed by atoms with E-state index in [0.717, 1.165) is 23.6 Å². The van der Waals surface area contributed by atoms with Gasteiger partial charge >= 0.3 is 12.1 Å². The number of rotatable bonds is 5. The molecule has 3 rings (SSSR count). The molecule has 8 heteroatoms. The zero-order valence-electron chi connectivity index (χ0n) is 18.3. The number of carbonyl (C=O) groups is 2. The molecule has 0 spiro atoms. The molecular formula is C24H29F3N2O3. The third kappa shape index (κ3) is 7.98. The van der Waals surface area contributed by atoms with Crippen LogP contribution in [0.25, 0.3) is 11.3 Å². The van der Waals surface area contributed by atoms with E-state index in [9.17, 15) is 18.0 Å². The number of hydrogen-bond donors (Lipinski definition) is 2. The Bertz CT molecular complexity index is 915. The molecule has 0 bridgehead atoms. The Morgan fingerprint density at radius 3 is 2.19 bits per heavy atom. The highest BCUT2D eigenvalue weighted by atomic mass is 19.4. The molecule has 5 nitrogen and oxygen atoms in total. The topological polar surface area (TPSA) is 93.3 Å². The number of nitrogens with two attached hydrogens (primary N) is 1. The number of aryl methyl sites for hydroxylation is 1. The van der Waals surface area contributed by atoms with E-state index in [1.807, 2.05) is 0 Å². The minimum Gasteiger partial charge on any atom is -0.475 e. The summed E-state index contributed by atoms with van der Waals surface area (Å²) in [5, 5.41) is 7.12. The van der Waals surface area contributed by atoms with Gasteiger partial charge in [-0.2, -0.15) is 13.2 Å². The Hall–Kier alpha value is -2.90. The number of carboxylic acids is 1. The monoisotopic (exact) mass is 450 g/mol. The fourth-order valence-electron chi connectivity index (χ4n) is 3.70. The van der Waals surface area contributed by atoms with Crippen molar-refractivity contribution in [2.45, 2.75) is 58.5 Å². The summed E-state index contributed by atoms with van der Waals surface area (Å²) in [6.45, 7) is 4.78. The van der Waals surface area contributed by atoms with Crippen LogP contribution in [-0.2, 0) is 11.2 Å². The Balaban J connectivity index is 0.000000451. The number of primary amides is 1. The zero-order chi connectivity index (χ0) is 23.9. The molecule has 0 atom stereocenters. The molecule has 1 fully saturated rings. The Morgan fingerprint density at radius 1 is 1.12 bits per heavy atom. The lowest BCUT2D eigenvalue weighted by molar-refractivity contribution is -0.192. The highest BCUT2D eigenvalue weighted by molar-refractivity contribution is 5.93. The number of carboxylic acid groups (broad SMARTS) is 1. The molecule has 1 aromatic carbocycles.